The summed E-state index contributed by atoms with van der Waals surface area (Å²) >= 11 is 0. The first-order valence-corrected chi connectivity index (χ1v) is 12.5. The molecular weight excluding hydrogens is 454 g/mol. The largest absolute Gasteiger partial charge is 0.508 e. The Morgan fingerprint density at radius 3 is 2.64 bits per heavy atom. The topological polar surface area (TPSA) is 120 Å². The number of aryl methyl sites for hydroxylation is 1. The van der Waals surface area contributed by atoms with Crippen LogP contribution >= 0.6 is 0 Å². The molecule has 0 saturated carbocycles. The van der Waals surface area contributed by atoms with Crippen LogP contribution in [-0.4, -0.2) is 50.7 Å². The van der Waals surface area contributed by atoms with E-state index in [4.69, 9.17) is 5.73 Å². The molecule has 0 bridgehead atoms. The zero-order chi connectivity index (χ0) is 25.7. The first kappa shape index (κ1) is 24.3. The molecule has 2 aliphatic rings. The number of phenols is 1. The molecule has 0 unspecified atom stereocenters. The molecule has 2 heterocycles. The van der Waals surface area contributed by atoms with Gasteiger partial charge < -0.3 is 20.9 Å². The fourth-order valence-electron chi connectivity index (χ4n) is 6.52. The molecule has 1 amide bonds. The van der Waals surface area contributed by atoms with Crippen LogP contribution in [0.25, 0.3) is 0 Å². The molecule has 5 rings (SSSR count). The number of phenolic OH excluding ortho intramolecular Hbond substituents is 1. The minimum atomic E-state index is -1.21. The average Bonchev–Trinajstić information content (AvgIpc) is 2.85. The molecule has 1 aromatic heterocycles. The van der Waals surface area contributed by atoms with Crippen molar-refractivity contribution < 1.29 is 15.0 Å². The van der Waals surface area contributed by atoms with Gasteiger partial charge in [-0.25, -0.2) is 0 Å². The maximum atomic E-state index is 12.7. The fourth-order valence-corrected chi connectivity index (χ4v) is 6.52. The highest BCUT2D eigenvalue weighted by molar-refractivity contribution is 5.92. The molecule has 1 aliphatic heterocycles. The number of nitrogens with one attached hydrogen (secondary N) is 1. The number of hydrogen-bond donors (Lipinski definition) is 4. The number of likely N-dealkylation sites (tertiary alicyclic amines) is 1. The highest BCUT2D eigenvalue weighted by atomic mass is 16.3. The van der Waals surface area contributed by atoms with Gasteiger partial charge in [0.25, 0.3) is 11.5 Å². The van der Waals surface area contributed by atoms with Gasteiger partial charge in [0, 0.05) is 36.5 Å². The Labute approximate surface area is 210 Å². The second kappa shape index (κ2) is 8.91. The molecule has 2 aromatic carbocycles. The van der Waals surface area contributed by atoms with Gasteiger partial charge in [0.15, 0.2) is 0 Å². The van der Waals surface area contributed by atoms with Gasteiger partial charge in [0.05, 0.1) is 5.60 Å². The van der Waals surface area contributed by atoms with E-state index in [-0.39, 0.29) is 23.8 Å². The number of aromatic amines is 1. The van der Waals surface area contributed by atoms with E-state index in [2.05, 4.69) is 28.9 Å². The first-order chi connectivity index (χ1) is 17.1. The Morgan fingerprint density at radius 2 is 1.92 bits per heavy atom. The fraction of sp³-hybridized carbons (Fsp3) is 0.379. The molecule has 7 nitrogen and oxygen atoms in total. The summed E-state index contributed by atoms with van der Waals surface area (Å²) in [6, 6.07) is 16.9. The van der Waals surface area contributed by atoms with Crippen molar-refractivity contribution >= 4 is 5.91 Å². The Kier molecular flexibility index (Phi) is 6.01. The lowest BCUT2D eigenvalue weighted by atomic mass is 9.53. The quantitative estimate of drug-likeness (QED) is 0.441. The molecule has 36 heavy (non-hydrogen) atoms. The van der Waals surface area contributed by atoms with E-state index in [9.17, 15) is 19.8 Å². The number of hydrogen-bond acceptors (Lipinski definition) is 5. The van der Waals surface area contributed by atoms with Crippen LogP contribution in [0.2, 0.25) is 0 Å². The second-order valence-corrected chi connectivity index (χ2v) is 10.4. The van der Waals surface area contributed by atoms with Gasteiger partial charge >= 0.3 is 0 Å². The Hall–Kier alpha value is -3.42. The zero-order valence-electron chi connectivity index (χ0n) is 20.8. The number of rotatable bonds is 5. The van der Waals surface area contributed by atoms with Gasteiger partial charge in [-0.3, -0.25) is 14.5 Å². The highest BCUT2D eigenvalue weighted by Crippen LogP contribution is 2.53. The van der Waals surface area contributed by atoms with Gasteiger partial charge in [-0.2, -0.15) is 0 Å². The summed E-state index contributed by atoms with van der Waals surface area (Å²) in [7, 11) is 0. The minimum absolute atomic E-state index is 0.0946. The molecule has 1 aliphatic carbocycles. The normalized spacial score (nSPS) is 25.7. The second-order valence-electron chi connectivity index (χ2n) is 10.4. The number of carbonyl (C=O) groups is 1. The Morgan fingerprint density at radius 1 is 1.17 bits per heavy atom. The number of H-pyrrole nitrogens is 1. The molecular formula is C29H33N3O4. The maximum Gasteiger partial charge on any atom is 0.261 e. The summed E-state index contributed by atoms with van der Waals surface area (Å²) < 4.78 is 0. The van der Waals surface area contributed by atoms with Crippen LogP contribution in [0, 0.1) is 6.92 Å². The SMILES string of the molecule is Cc1ccc(O)cc1[C@]12CCN(CCc3ccccc3)[C@H](C)[C@]1(O)Cc1cc(C(N)=O)c(=O)[nH]c1C2. The van der Waals surface area contributed by atoms with Crippen LogP contribution in [0.5, 0.6) is 5.75 Å². The third-order valence-corrected chi connectivity index (χ3v) is 8.58. The number of carbonyl (C=O) groups excluding carboxylic acids is 1. The number of aromatic hydroxyl groups is 1. The van der Waals surface area contributed by atoms with E-state index in [1.807, 2.05) is 31.2 Å². The molecule has 7 heteroatoms. The molecule has 1 saturated heterocycles. The number of benzene rings is 2. The molecule has 1 fully saturated rings. The van der Waals surface area contributed by atoms with Crippen LogP contribution in [0.4, 0.5) is 0 Å². The first-order valence-electron chi connectivity index (χ1n) is 12.5. The standard InChI is InChI=1S/C29H33N3O4/c1-18-8-9-22(33)15-24(18)28-11-13-32(12-10-20-6-4-3-5-7-20)19(2)29(28,36)16-21-14-23(26(30)34)27(35)31-25(21)17-28/h3-9,14-15,19,33,36H,10-13,16-17H2,1-2H3,(H2,30,34)(H,31,35)/t19-,28-,29-/m1/s1. The number of nitrogens with zero attached hydrogens (tertiary/aromatic N) is 1. The molecule has 3 aromatic rings. The van der Waals surface area contributed by atoms with E-state index in [1.165, 1.54) is 5.56 Å². The lowest BCUT2D eigenvalue weighted by molar-refractivity contribution is -0.138. The van der Waals surface area contributed by atoms with Crippen molar-refractivity contribution in [3.8, 4) is 5.75 Å². The van der Waals surface area contributed by atoms with Crippen molar-refractivity contribution in [2.75, 3.05) is 13.1 Å². The molecule has 0 spiro atoms. The number of aliphatic hydroxyl groups is 1. The van der Waals surface area contributed by atoms with Gasteiger partial charge in [-0.15, -0.1) is 0 Å². The number of fused-ring (bicyclic) bond motifs is 2. The number of primary amides is 1. The van der Waals surface area contributed by atoms with Crippen molar-refractivity contribution in [1.29, 1.82) is 0 Å². The summed E-state index contributed by atoms with van der Waals surface area (Å²) in [5.74, 6) is -0.636. The molecule has 188 valence electrons. The number of nitrogens with two attached hydrogens (primary N) is 1. The third-order valence-electron chi connectivity index (χ3n) is 8.58. The highest BCUT2D eigenvalue weighted by Gasteiger charge is 2.61. The van der Waals surface area contributed by atoms with E-state index in [0.717, 1.165) is 36.2 Å². The average molecular weight is 488 g/mol. The molecule has 3 atom stereocenters. The number of aromatic nitrogens is 1. The van der Waals surface area contributed by atoms with Crippen LogP contribution in [0.3, 0.4) is 0 Å². The van der Waals surface area contributed by atoms with Gasteiger partial charge in [-0.05, 0) is 73.7 Å². The smallest absolute Gasteiger partial charge is 0.261 e. The van der Waals surface area contributed by atoms with Crippen LogP contribution in [-0.2, 0) is 24.7 Å². The predicted octanol–water partition coefficient (Wildman–Crippen LogP) is 2.59. The molecule has 0 radical (unpaired) electrons. The van der Waals surface area contributed by atoms with E-state index in [0.29, 0.717) is 18.5 Å². The Bertz CT molecular complexity index is 1370. The van der Waals surface area contributed by atoms with Crippen molar-refractivity contribution in [1.82, 2.24) is 9.88 Å². The Balaban J connectivity index is 1.60. The molecule has 5 N–H and O–H groups in total. The number of piperidine rings is 1. The maximum absolute atomic E-state index is 12.7. The van der Waals surface area contributed by atoms with Crippen molar-refractivity contribution in [2.24, 2.45) is 5.73 Å². The summed E-state index contributed by atoms with van der Waals surface area (Å²) in [5, 5.41) is 23.1. The zero-order valence-corrected chi connectivity index (χ0v) is 20.8. The summed E-state index contributed by atoms with van der Waals surface area (Å²) in [6.07, 6.45) is 2.19. The van der Waals surface area contributed by atoms with E-state index < -0.39 is 22.5 Å². The van der Waals surface area contributed by atoms with Crippen molar-refractivity contribution in [3.05, 3.63) is 98.5 Å². The summed E-state index contributed by atoms with van der Waals surface area (Å²) in [5.41, 5.74) is 7.48. The minimum Gasteiger partial charge on any atom is -0.508 e. The summed E-state index contributed by atoms with van der Waals surface area (Å²) in [4.78, 5) is 29.7. The number of pyridine rings is 1. The number of amides is 1. The van der Waals surface area contributed by atoms with Gasteiger partial charge in [0.2, 0.25) is 0 Å². The van der Waals surface area contributed by atoms with Crippen LogP contribution in [0.1, 0.15) is 51.7 Å². The van der Waals surface area contributed by atoms with Gasteiger partial charge in [0.1, 0.15) is 11.3 Å². The van der Waals surface area contributed by atoms with E-state index >= 15 is 0 Å². The predicted molar refractivity (Wildman–Crippen MR) is 138 cm³/mol. The lowest BCUT2D eigenvalue weighted by Crippen LogP contribution is -2.71. The van der Waals surface area contributed by atoms with Gasteiger partial charge in [-0.1, -0.05) is 36.4 Å². The lowest BCUT2D eigenvalue weighted by Gasteiger charge is -2.60. The van der Waals surface area contributed by atoms with E-state index in [1.54, 1.807) is 18.2 Å². The van der Waals surface area contributed by atoms with Crippen molar-refractivity contribution in [3.63, 3.8) is 0 Å². The monoisotopic (exact) mass is 487 g/mol. The summed E-state index contributed by atoms with van der Waals surface area (Å²) in [6.45, 7) is 5.62. The van der Waals surface area contributed by atoms with Crippen LogP contribution in [0.15, 0.2) is 59.4 Å². The van der Waals surface area contributed by atoms with Crippen LogP contribution < -0.4 is 11.3 Å². The van der Waals surface area contributed by atoms with Crippen molar-refractivity contribution in [2.45, 2.75) is 56.6 Å². The third kappa shape index (κ3) is 3.83.